The summed E-state index contributed by atoms with van der Waals surface area (Å²) in [6.07, 6.45) is 7.64. The molecule has 0 radical (unpaired) electrons. The molecule has 2 aliphatic rings. The van der Waals surface area contributed by atoms with Gasteiger partial charge in [-0.1, -0.05) is 42.0 Å². The van der Waals surface area contributed by atoms with Crippen LogP contribution < -0.4 is 10.1 Å². The van der Waals surface area contributed by atoms with E-state index < -0.39 is 4.92 Å². The maximum Gasteiger partial charge on any atom is 0.269 e. The molecule has 1 heterocycles. The second-order valence-electron chi connectivity index (χ2n) is 10.2. The first kappa shape index (κ1) is 24.6. The molecular formula is C33H29N3O3. The van der Waals surface area contributed by atoms with Crippen LogP contribution in [0.15, 0.2) is 108 Å². The highest BCUT2D eigenvalue weighted by atomic mass is 16.6. The minimum Gasteiger partial charge on any atom is -0.489 e. The van der Waals surface area contributed by atoms with Gasteiger partial charge >= 0.3 is 0 Å². The lowest BCUT2D eigenvalue weighted by Crippen LogP contribution is -2.29. The summed E-state index contributed by atoms with van der Waals surface area (Å²) in [6.45, 7) is 2.50. The Morgan fingerprint density at radius 2 is 1.77 bits per heavy atom. The Balaban J connectivity index is 1.08. The quantitative estimate of drug-likeness (QED) is 0.117. The zero-order valence-corrected chi connectivity index (χ0v) is 21.7. The van der Waals surface area contributed by atoms with Gasteiger partial charge in [-0.3, -0.25) is 15.1 Å². The van der Waals surface area contributed by atoms with Gasteiger partial charge in [-0.25, -0.2) is 0 Å². The van der Waals surface area contributed by atoms with Gasteiger partial charge in [0.05, 0.1) is 16.7 Å². The molecule has 194 valence electrons. The fourth-order valence-corrected chi connectivity index (χ4v) is 5.49. The van der Waals surface area contributed by atoms with Gasteiger partial charge in [-0.15, -0.1) is 0 Å². The first-order chi connectivity index (χ1) is 19.0. The lowest BCUT2D eigenvalue weighted by Gasteiger charge is -2.37. The number of benzene rings is 4. The van der Waals surface area contributed by atoms with Crippen molar-refractivity contribution in [3.63, 3.8) is 0 Å². The van der Waals surface area contributed by atoms with Crippen molar-refractivity contribution >= 4 is 23.3 Å². The molecule has 0 unspecified atom stereocenters. The Labute approximate surface area is 227 Å². The molecule has 0 amide bonds. The van der Waals surface area contributed by atoms with Gasteiger partial charge in [0.25, 0.3) is 5.69 Å². The molecule has 1 aliphatic heterocycles. The van der Waals surface area contributed by atoms with Crippen LogP contribution in [0, 0.1) is 23.0 Å². The van der Waals surface area contributed by atoms with E-state index in [9.17, 15) is 10.1 Å². The van der Waals surface area contributed by atoms with E-state index in [-0.39, 0.29) is 11.7 Å². The molecule has 0 saturated heterocycles. The number of non-ortho nitro benzene ring substituents is 1. The Kier molecular flexibility index (Phi) is 6.68. The maximum atomic E-state index is 10.8. The van der Waals surface area contributed by atoms with Crippen LogP contribution in [0.3, 0.4) is 0 Å². The lowest BCUT2D eigenvalue weighted by molar-refractivity contribution is -0.384. The predicted octanol–water partition coefficient (Wildman–Crippen LogP) is 8.06. The molecule has 0 fully saturated rings. The number of nitro benzene ring substituents is 1. The van der Waals surface area contributed by atoms with E-state index in [1.807, 2.05) is 30.5 Å². The van der Waals surface area contributed by atoms with Crippen molar-refractivity contribution in [1.29, 1.82) is 0 Å². The first-order valence-corrected chi connectivity index (χ1v) is 13.2. The van der Waals surface area contributed by atoms with Crippen LogP contribution in [0.25, 0.3) is 0 Å². The zero-order chi connectivity index (χ0) is 26.8. The molecule has 1 aliphatic carbocycles. The van der Waals surface area contributed by atoms with E-state index in [1.165, 1.54) is 34.5 Å². The average Bonchev–Trinajstić information content (AvgIpc) is 3.46. The summed E-state index contributed by atoms with van der Waals surface area (Å²) in [5, 5.41) is 14.6. The van der Waals surface area contributed by atoms with Crippen molar-refractivity contribution in [2.45, 2.75) is 31.9 Å². The summed E-state index contributed by atoms with van der Waals surface area (Å²) in [6, 6.07) is 29.6. The van der Waals surface area contributed by atoms with Crippen LogP contribution in [0.2, 0.25) is 0 Å². The molecule has 6 nitrogen and oxygen atoms in total. The monoisotopic (exact) mass is 515 g/mol. The fraction of sp³-hybridized carbons (Fsp3) is 0.182. The van der Waals surface area contributed by atoms with Crippen molar-refractivity contribution in [2.75, 3.05) is 5.32 Å². The highest BCUT2D eigenvalue weighted by Gasteiger charge is 2.37. The highest BCUT2D eigenvalue weighted by molar-refractivity contribution is 5.82. The normalized spacial score (nSPS) is 19.4. The van der Waals surface area contributed by atoms with Gasteiger partial charge in [0, 0.05) is 30.0 Å². The molecule has 0 aromatic heterocycles. The van der Waals surface area contributed by atoms with Crippen molar-refractivity contribution in [3.8, 4) is 5.75 Å². The van der Waals surface area contributed by atoms with Gasteiger partial charge in [-0.05, 0) is 96.1 Å². The van der Waals surface area contributed by atoms with Crippen LogP contribution >= 0.6 is 0 Å². The lowest BCUT2D eigenvalue weighted by atomic mass is 9.76. The van der Waals surface area contributed by atoms with Crippen molar-refractivity contribution < 1.29 is 9.66 Å². The number of nitro groups is 1. The summed E-state index contributed by atoms with van der Waals surface area (Å²) in [4.78, 5) is 15.0. The fourth-order valence-electron chi connectivity index (χ4n) is 5.49. The van der Waals surface area contributed by atoms with Crippen LogP contribution in [0.5, 0.6) is 5.75 Å². The second-order valence-corrected chi connectivity index (χ2v) is 10.2. The summed E-state index contributed by atoms with van der Waals surface area (Å²) in [5.41, 5.74) is 8.07. The molecule has 6 heteroatoms. The topological polar surface area (TPSA) is 76.8 Å². The molecular weight excluding hydrogens is 486 g/mol. The molecule has 0 saturated carbocycles. The zero-order valence-electron chi connectivity index (χ0n) is 21.7. The highest BCUT2D eigenvalue weighted by Crippen LogP contribution is 2.50. The number of ether oxygens (including phenoxy) is 1. The van der Waals surface area contributed by atoms with Gasteiger partial charge < -0.3 is 10.1 Å². The summed E-state index contributed by atoms with van der Waals surface area (Å²) >= 11 is 0. The number of nitrogens with zero attached hydrogens (tertiary/aromatic N) is 2. The summed E-state index contributed by atoms with van der Waals surface area (Å²) in [5.74, 6) is 1.71. The van der Waals surface area contributed by atoms with E-state index in [4.69, 9.17) is 4.74 Å². The molecule has 3 atom stereocenters. The minimum absolute atomic E-state index is 0.0725. The van der Waals surface area contributed by atoms with E-state index in [1.54, 1.807) is 12.1 Å². The number of allylic oxidation sites excluding steroid dienone is 2. The van der Waals surface area contributed by atoms with Gasteiger partial charge in [0.2, 0.25) is 0 Å². The van der Waals surface area contributed by atoms with Gasteiger partial charge in [0.15, 0.2) is 0 Å². The molecule has 4 aromatic carbocycles. The van der Waals surface area contributed by atoms with Gasteiger partial charge in [0.1, 0.15) is 12.4 Å². The molecule has 1 N–H and O–H groups in total. The third kappa shape index (κ3) is 5.32. The SMILES string of the molecule is Cc1ccc2c(c1)[C@@H]1C=CC[C@@H]1[C@H](c1ccc(N=Cc3ccc(OCc4ccc([N+](=O)[O-])cc4)cc3)cc1)N2. The van der Waals surface area contributed by atoms with Gasteiger partial charge in [-0.2, -0.15) is 0 Å². The molecule has 39 heavy (non-hydrogen) atoms. The third-order valence-electron chi connectivity index (χ3n) is 7.57. The second kappa shape index (κ2) is 10.6. The number of hydrogen-bond donors (Lipinski definition) is 1. The van der Waals surface area contributed by atoms with E-state index in [0.29, 0.717) is 18.4 Å². The molecule has 0 spiro atoms. The van der Waals surface area contributed by atoms with Crippen LogP contribution in [0.1, 0.15) is 46.2 Å². The van der Waals surface area contributed by atoms with Crippen molar-refractivity contribution in [3.05, 3.63) is 141 Å². The number of rotatable bonds is 7. The number of hydrogen-bond acceptors (Lipinski definition) is 5. The first-order valence-electron chi connectivity index (χ1n) is 13.2. The number of fused-ring (bicyclic) bond motifs is 3. The Morgan fingerprint density at radius 3 is 2.51 bits per heavy atom. The van der Waals surface area contributed by atoms with Crippen molar-refractivity contribution in [2.24, 2.45) is 10.9 Å². The third-order valence-corrected chi connectivity index (χ3v) is 7.57. The maximum absolute atomic E-state index is 10.8. The predicted molar refractivity (Wildman–Crippen MR) is 155 cm³/mol. The Morgan fingerprint density at radius 1 is 1.00 bits per heavy atom. The standard InChI is InChI=1S/C33H29N3O3/c1-22-5-18-32-31(19-22)29-3-2-4-30(29)33(35-32)25-10-12-26(13-11-25)34-20-23-8-16-28(17-9-23)39-21-24-6-14-27(15-7-24)36(37)38/h2-3,5-20,29-30,33,35H,4,21H2,1H3/t29-,30+,33+/m1/s1. The largest absolute Gasteiger partial charge is 0.489 e. The Hall–Kier alpha value is -4.71. The smallest absolute Gasteiger partial charge is 0.269 e. The number of aliphatic imine (C=N–C) groups is 1. The summed E-state index contributed by atoms with van der Waals surface area (Å²) in [7, 11) is 0. The van der Waals surface area contributed by atoms with E-state index >= 15 is 0 Å². The van der Waals surface area contributed by atoms with Crippen LogP contribution in [-0.4, -0.2) is 11.1 Å². The average molecular weight is 516 g/mol. The minimum atomic E-state index is -0.408. The number of aryl methyl sites for hydroxylation is 1. The molecule has 4 aromatic rings. The van der Waals surface area contributed by atoms with Crippen LogP contribution in [0.4, 0.5) is 17.1 Å². The van der Waals surface area contributed by atoms with Crippen molar-refractivity contribution in [1.82, 2.24) is 0 Å². The molecule has 0 bridgehead atoms. The van der Waals surface area contributed by atoms with E-state index in [2.05, 4.69) is 71.8 Å². The van der Waals surface area contributed by atoms with Crippen LogP contribution in [-0.2, 0) is 6.61 Å². The Bertz CT molecular complexity index is 1540. The number of nitrogens with one attached hydrogen (secondary N) is 1. The molecule has 6 rings (SSSR count). The van der Waals surface area contributed by atoms with E-state index in [0.717, 1.165) is 29.0 Å². The number of anilines is 1. The summed E-state index contributed by atoms with van der Waals surface area (Å²) < 4.78 is 5.81.